The van der Waals surface area contributed by atoms with Gasteiger partial charge in [-0.15, -0.1) is 0 Å². The monoisotopic (exact) mass is 583 g/mol. The number of amides is 3. The highest BCUT2D eigenvalue weighted by molar-refractivity contribution is 5.87. The number of hydrogen-bond acceptors (Lipinski definition) is 3. The van der Waals surface area contributed by atoms with Crippen LogP contribution >= 0.6 is 0 Å². The summed E-state index contributed by atoms with van der Waals surface area (Å²) in [7, 11) is 13.6. The molecule has 0 aliphatic carbocycles. The molecular weight excluding hydrogens is 516 g/mol. The Morgan fingerprint density at radius 1 is 0.561 bits per heavy atom. The molecule has 0 atom stereocenters. The Bertz CT molecular complexity index is 735. The normalized spacial score (nSPS) is 11.2. The lowest BCUT2D eigenvalue weighted by Gasteiger charge is -2.39. The molecular formula is C32H66N6O3. The first-order chi connectivity index (χ1) is 17.6. The highest BCUT2D eigenvalue weighted by atomic mass is 16.2. The summed E-state index contributed by atoms with van der Waals surface area (Å²) in [4.78, 5) is 34.3. The molecule has 0 saturated carbocycles. The maximum Gasteiger partial charge on any atom is 0.243 e. The van der Waals surface area contributed by atoms with Crippen LogP contribution in [0.4, 0.5) is 0 Å². The average molecular weight is 583 g/mol. The van der Waals surface area contributed by atoms with E-state index < -0.39 is 0 Å². The molecule has 0 spiro atoms. The van der Waals surface area contributed by atoms with Crippen molar-refractivity contribution in [2.75, 3.05) is 101 Å². The molecule has 242 valence electrons. The van der Waals surface area contributed by atoms with E-state index in [-0.39, 0.29) is 40.0 Å². The van der Waals surface area contributed by atoms with Crippen molar-refractivity contribution in [2.24, 2.45) is 5.92 Å². The third kappa shape index (κ3) is 25.0. The highest BCUT2D eigenvalue weighted by Crippen LogP contribution is 2.18. The molecule has 3 amide bonds. The predicted octanol–water partition coefficient (Wildman–Crippen LogP) is 2.65. The first kappa shape index (κ1) is 45.5. The van der Waals surface area contributed by atoms with Gasteiger partial charge in [0, 0.05) is 45.3 Å². The summed E-state index contributed by atoms with van der Waals surface area (Å²) in [6.07, 6.45) is 7.80. The van der Waals surface area contributed by atoms with Crippen LogP contribution in [0.2, 0.25) is 0 Å². The topological polar surface area (TPSA) is 87.3 Å². The number of hydrogen-bond donors (Lipinski definition) is 3. The number of nitrogens with zero attached hydrogens (tertiary/aromatic N) is 3. The van der Waals surface area contributed by atoms with E-state index in [0.29, 0.717) is 25.6 Å². The van der Waals surface area contributed by atoms with Crippen LogP contribution in [0.15, 0.2) is 38.0 Å². The molecule has 0 unspecified atom stereocenters. The van der Waals surface area contributed by atoms with Gasteiger partial charge < -0.3 is 51.7 Å². The Balaban J connectivity index is -0.00000228. The third-order valence-corrected chi connectivity index (χ3v) is 6.92. The summed E-state index contributed by atoms with van der Waals surface area (Å²) in [6.45, 7) is 18.6. The molecule has 0 bridgehead atoms. The van der Waals surface area contributed by atoms with Crippen molar-refractivity contribution >= 4 is 17.7 Å². The summed E-state index contributed by atoms with van der Waals surface area (Å²) in [5.74, 6) is 0.146. The molecule has 0 aromatic rings. The van der Waals surface area contributed by atoms with Crippen LogP contribution in [0.5, 0.6) is 0 Å². The molecule has 0 aliphatic rings. The number of carbonyl (C=O) groups is 3. The van der Waals surface area contributed by atoms with E-state index in [1.807, 2.05) is 0 Å². The largest absolute Gasteiger partial charge is 0.358 e. The molecule has 41 heavy (non-hydrogen) atoms. The summed E-state index contributed by atoms with van der Waals surface area (Å²) < 4.78 is 2.69. The van der Waals surface area contributed by atoms with Crippen LogP contribution in [0.25, 0.3) is 0 Å². The second-order valence-corrected chi connectivity index (χ2v) is 12.3. The first-order valence-electron chi connectivity index (χ1n) is 13.8. The molecule has 0 aliphatic heterocycles. The van der Waals surface area contributed by atoms with Gasteiger partial charge in [0.25, 0.3) is 0 Å². The van der Waals surface area contributed by atoms with E-state index in [4.69, 9.17) is 0 Å². The molecule has 9 heteroatoms. The quantitative estimate of drug-likeness (QED) is 0.0794. The van der Waals surface area contributed by atoms with Crippen LogP contribution in [-0.4, -0.2) is 132 Å². The van der Waals surface area contributed by atoms with Crippen molar-refractivity contribution in [2.45, 2.75) is 25.7 Å². The van der Waals surface area contributed by atoms with Gasteiger partial charge in [0.15, 0.2) is 0 Å². The van der Waals surface area contributed by atoms with Gasteiger partial charge in [-0.25, -0.2) is 0 Å². The molecule has 0 aromatic carbocycles. The van der Waals surface area contributed by atoms with Crippen molar-refractivity contribution < 1.29 is 27.8 Å². The van der Waals surface area contributed by atoms with Crippen molar-refractivity contribution in [3.8, 4) is 0 Å². The molecule has 0 aromatic heterocycles. The Labute approximate surface area is 254 Å². The van der Waals surface area contributed by atoms with E-state index in [1.54, 1.807) is 0 Å². The van der Waals surface area contributed by atoms with Gasteiger partial charge in [0.05, 0.1) is 87.5 Å². The number of rotatable bonds is 22. The minimum atomic E-state index is -0.124. The van der Waals surface area contributed by atoms with Gasteiger partial charge in [-0.1, -0.05) is 19.7 Å². The van der Waals surface area contributed by atoms with Gasteiger partial charge in [0.1, 0.15) is 0 Å². The van der Waals surface area contributed by atoms with Crippen molar-refractivity contribution in [1.82, 2.24) is 16.0 Å². The van der Waals surface area contributed by atoms with E-state index in [1.165, 1.54) is 18.2 Å². The molecule has 0 rings (SSSR count). The Kier molecular flexibility index (Phi) is 25.6. The van der Waals surface area contributed by atoms with E-state index in [2.05, 4.69) is 78.0 Å². The highest BCUT2D eigenvalue weighted by Gasteiger charge is 2.30. The Morgan fingerprint density at radius 3 is 1.15 bits per heavy atom. The van der Waals surface area contributed by atoms with Crippen LogP contribution in [0.1, 0.15) is 25.7 Å². The lowest BCUT2D eigenvalue weighted by molar-refractivity contribution is -0.918. The van der Waals surface area contributed by atoms with E-state index in [9.17, 15) is 14.4 Å². The van der Waals surface area contributed by atoms with Crippen molar-refractivity contribution in [3.63, 3.8) is 0 Å². The molecule has 0 fully saturated rings. The zero-order valence-electron chi connectivity index (χ0n) is 28.2. The van der Waals surface area contributed by atoms with Crippen LogP contribution < -0.4 is 16.0 Å². The van der Waals surface area contributed by atoms with E-state index in [0.717, 1.165) is 78.4 Å². The number of carbonyl (C=O) groups excluding carboxylic acids is 3. The predicted molar refractivity (Wildman–Crippen MR) is 176 cm³/mol. The van der Waals surface area contributed by atoms with Crippen molar-refractivity contribution in [1.29, 1.82) is 0 Å². The zero-order valence-corrected chi connectivity index (χ0v) is 28.2. The summed E-state index contributed by atoms with van der Waals surface area (Å²) in [5.41, 5.74) is 0. The molecule has 0 radical (unpaired) electrons. The fourth-order valence-corrected chi connectivity index (χ4v) is 4.84. The molecule has 0 saturated heterocycles. The van der Waals surface area contributed by atoms with E-state index >= 15 is 0 Å². The standard InChI is InChI=1S/C29H54N6O3.3CH3/c1-10-27(36)30-17-13-20-33(4,5)23-16-26(24-34(6,7)21-14-18-31-28(37)11-2)25-35(8,9)22-15-19-32-29(38)12-3;;;/h10-12,26H,1-3,13-25H2,4-9H3;3*1H3/q;3*-1/p+3. The van der Waals surface area contributed by atoms with Gasteiger partial charge >= 0.3 is 0 Å². The SMILES string of the molecule is C=CC(=O)NCCC[N+](C)(C)CCC(C[N+](C)(C)CCCNC(=O)C=C)C[N+](C)(C)CCCNC(=O)C=C.[CH3-].[CH3-].[CH3-]. The van der Waals surface area contributed by atoms with Gasteiger partial charge in [-0.2, -0.15) is 0 Å². The maximum atomic E-state index is 11.5. The van der Waals surface area contributed by atoms with Crippen molar-refractivity contribution in [3.05, 3.63) is 60.2 Å². The second-order valence-electron chi connectivity index (χ2n) is 12.3. The fraction of sp³-hybridized carbons (Fsp3) is 0.625. The molecule has 9 nitrogen and oxygen atoms in total. The Morgan fingerprint density at radius 2 is 0.854 bits per heavy atom. The van der Waals surface area contributed by atoms with Gasteiger partial charge in [0.2, 0.25) is 17.7 Å². The molecule has 0 heterocycles. The third-order valence-electron chi connectivity index (χ3n) is 6.92. The Hall–Kier alpha value is -2.49. The van der Waals surface area contributed by atoms with Crippen LogP contribution in [0.3, 0.4) is 0 Å². The lowest BCUT2D eigenvalue weighted by atomic mass is 10.0. The van der Waals surface area contributed by atoms with Crippen LogP contribution in [-0.2, 0) is 14.4 Å². The summed E-state index contributed by atoms with van der Waals surface area (Å²) in [5, 5.41) is 8.62. The number of nitrogens with one attached hydrogen (secondary N) is 3. The van der Waals surface area contributed by atoms with Gasteiger partial charge in [-0.05, 0) is 18.2 Å². The second kappa shape index (κ2) is 23.1. The average Bonchev–Trinajstić information content (AvgIpc) is 2.84. The lowest BCUT2D eigenvalue weighted by Crippen LogP contribution is -2.52. The maximum absolute atomic E-state index is 11.5. The number of quaternary nitrogens is 3. The first-order valence-corrected chi connectivity index (χ1v) is 13.8. The van der Waals surface area contributed by atoms with Crippen LogP contribution in [0, 0.1) is 28.2 Å². The minimum Gasteiger partial charge on any atom is -0.358 e. The minimum absolute atomic E-state index is 0. The molecule has 3 N–H and O–H groups in total. The fourth-order valence-electron chi connectivity index (χ4n) is 4.84. The smallest absolute Gasteiger partial charge is 0.243 e. The zero-order chi connectivity index (χ0) is 29.2. The summed E-state index contributed by atoms with van der Waals surface area (Å²) >= 11 is 0. The summed E-state index contributed by atoms with van der Waals surface area (Å²) in [6, 6.07) is 0. The van der Waals surface area contributed by atoms with Gasteiger partial charge in [-0.3, -0.25) is 14.4 Å².